The van der Waals surface area contributed by atoms with E-state index in [1.165, 1.54) is 0 Å². The van der Waals surface area contributed by atoms with Crippen LogP contribution in [0, 0.1) is 5.92 Å². The Bertz CT molecular complexity index is 144. The first-order chi connectivity index (χ1) is 5.57. The van der Waals surface area contributed by atoms with Gasteiger partial charge in [-0.1, -0.05) is 42.6 Å². The molecule has 0 aromatic carbocycles. The van der Waals surface area contributed by atoms with Gasteiger partial charge in [-0.2, -0.15) is 0 Å². The minimum absolute atomic E-state index is 0. The summed E-state index contributed by atoms with van der Waals surface area (Å²) < 4.78 is 0. The first kappa shape index (κ1) is 15.7. The first-order valence-electron chi connectivity index (χ1n) is 4.21. The maximum atomic E-state index is 10.2. The zero-order valence-electron chi connectivity index (χ0n) is 7.92. The first-order valence-corrected chi connectivity index (χ1v) is 5.13. The molecule has 2 atom stereocenters. The Kier molecular flexibility index (Phi) is 10.6. The molecule has 2 unspecified atom stereocenters. The van der Waals surface area contributed by atoms with Gasteiger partial charge in [0.2, 0.25) is 0 Å². The summed E-state index contributed by atoms with van der Waals surface area (Å²) in [4.78, 5) is 10.1. The van der Waals surface area contributed by atoms with E-state index in [1.54, 1.807) is 0 Å². The summed E-state index contributed by atoms with van der Waals surface area (Å²) in [6.45, 7) is 4.16. The van der Waals surface area contributed by atoms with Gasteiger partial charge in [0.1, 0.15) is 0 Å². The molecule has 0 aliphatic rings. The van der Waals surface area contributed by atoms with Gasteiger partial charge >= 0.3 is 6.09 Å². The number of alkyl halides is 1. The van der Waals surface area contributed by atoms with Gasteiger partial charge < -0.3 is 10.4 Å². The van der Waals surface area contributed by atoms with E-state index in [4.69, 9.17) is 5.11 Å². The number of amides is 1. The van der Waals surface area contributed by atoms with Crippen molar-refractivity contribution in [1.82, 2.24) is 5.32 Å². The normalized spacial score (nSPS) is 14.1. The lowest BCUT2D eigenvalue weighted by atomic mass is 10.0. The number of hydrogen-bond acceptors (Lipinski definition) is 1. The van der Waals surface area contributed by atoms with Crippen molar-refractivity contribution in [2.24, 2.45) is 5.92 Å². The highest BCUT2D eigenvalue weighted by molar-refractivity contribution is 9.09. The van der Waals surface area contributed by atoms with E-state index in [-0.39, 0.29) is 21.9 Å². The fourth-order valence-electron chi connectivity index (χ4n) is 0.933. The molecule has 0 fully saturated rings. The Labute approximate surface area is 98.2 Å². The van der Waals surface area contributed by atoms with Gasteiger partial charge in [0.25, 0.3) is 0 Å². The minimum Gasteiger partial charge on any atom is -0.465 e. The fraction of sp³-hybridized carbons (Fsp3) is 0.875. The van der Waals surface area contributed by atoms with Crippen LogP contribution in [0.2, 0.25) is 0 Å². The third-order valence-electron chi connectivity index (χ3n) is 1.77. The molecular formula is C8H17Br2NO2. The average Bonchev–Trinajstić information content (AvgIpc) is 1.98. The van der Waals surface area contributed by atoms with Crippen LogP contribution in [-0.2, 0) is 0 Å². The summed E-state index contributed by atoms with van der Waals surface area (Å²) in [6.07, 6.45) is 2.37. The molecule has 0 aromatic heterocycles. The summed E-state index contributed by atoms with van der Waals surface area (Å²) in [6, 6.07) is 0. The number of unbranched alkanes of at least 4 members (excludes halogenated alkanes) is 1. The number of carbonyl (C=O) groups is 1. The Hall–Kier alpha value is 0.230. The van der Waals surface area contributed by atoms with Gasteiger partial charge in [-0.05, 0) is 12.3 Å². The Morgan fingerprint density at radius 2 is 2.15 bits per heavy atom. The van der Waals surface area contributed by atoms with Crippen LogP contribution in [-0.4, -0.2) is 16.2 Å². The van der Waals surface area contributed by atoms with Crippen molar-refractivity contribution < 1.29 is 9.90 Å². The zero-order chi connectivity index (χ0) is 9.56. The van der Waals surface area contributed by atoms with Gasteiger partial charge in [0, 0.05) is 0 Å². The van der Waals surface area contributed by atoms with Gasteiger partial charge in [0.15, 0.2) is 0 Å². The quantitative estimate of drug-likeness (QED) is 0.603. The lowest BCUT2D eigenvalue weighted by Gasteiger charge is -2.17. The lowest BCUT2D eigenvalue weighted by Crippen LogP contribution is -2.33. The van der Waals surface area contributed by atoms with Crippen molar-refractivity contribution in [2.45, 2.75) is 38.1 Å². The van der Waals surface area contributed by atoms with Crippen LogP contribution in [0.15, 0.2) is 0 Å². The Balaban J connectivity index is 0. The molecule has 13 heavy (non-hydrogen) atoms. The van der Waals surface area contributed by atoms with Crippen molar-refractivity contribution in [3.63, 3.8) is 0 Å². The molecular weight excluding hydrogens is 302 g/mol. The molecule has 0 spiro atoms. The molecule has 0 aromatic rings. The van der Waals surface area contributed by atoms with E-state index in [1.807, 2.05) is 6.92 Å². The van der Waals surface area contributed by atoms with Gasteiger partial charge in [-0.3, -0.25) is 0 Å². The summed E-state index contributed by atoms with van der Waals surface area (Å²) >= 11 is 3.28. The Morgan fingerprint density at radius 1 is 1.62 bits per heavy atom. The number of halogens is 2. The highest BCUT2D eigenvalue weighted by Crippen LogP contribution is 2.16. The van der Waals surface area contributed by atoms with Crippen LogP contribution in [0.5, 0.6) is 0 Å². The number of nitrogens with one attached hydrogen (secondary N) is 1. The van der Waals surface area contributed by atoms with Crippen molar-refractivity contribution in [1.29, 1.82) is 0 Å². The molecule has 80 valence electrons. The van der Waals surface area contributed by atoms with Crippen LogP contribution in [0.1, 0.15) is 33.1 Å². The SMILES string of the molecule is Br.CCCCC(C)C(Br)NC(=O)O. The minimum atomic E-state index is -0.972. The second kappa shape index (κ2) is 8.81. The molecule has 0 heterocycles. The zero-order valence-corrected chi connectivity index (χ0v) is 11.2. The molecule has 5 heteroatoms. The molecule has 0 rings (SSSR count). The van der Waals surface area contributed by atoms with E-state index in [9.17, 15) is 4.79 Å². The predicted molar refractivity (Wildman–Crippen MR) is 62.9 cm³/mol. The predicted octanol–water partition coefficient (Wildman–Crippen LogP) is 3.38. The third kappa shape index (κ3) is 8.56. The van der Waals surface area contributed by atoms with Crippen molar-refractivity contribution in [3.8, 4) is 0 Å². The maximum Gasteiger partial charge on any atom is 0.405 e. The van der Waals surface area contributed by atoms with Gasteiger partial charge in [0.05, 0.1) is 4.95 Å². The molecule has 0 radical (unpaired) electrons. The van der Waals surface area contributed by atoms with E-state index < -0.39 is 6.09 Å². The van der Waals surface area contributed by atoms with Crippen LogP contribution in [0.4, 0.5) is 4.79 Å². The number of hydrogen-bond donors (Lipinski definition) is 2. The van der Waals surface area contributed by atoms with E-state index in [0.29, 0.717) is 5.92 Å². The lowest BCUT2D eigenvalue weighted by molar-refractivity contribution is 0.191. The van der Waals surface area contributed by atoms with Crippen LogP contribution >= 0.6 is 32.9 Å². The Morgan fingerprint density at radius 3 is 2.54 bits per heavy atom. The third-order valence-corrected chi connectivity index (χ3v) is 2.91. The average molecular weight is 319 g/mol. The summed E-state index contributed by atoms with van der Waals surface area (Å²) in [5, 5.41) is 10.8. The molecule has 0 saturated carbocycles. The standard InChI is InChI=1S/C8H16BrNO2.BrH/c1-3-4-5-6(2)7(9)10-8(11)12;/h6-7,10H,3-5H2,1-2H3,(H,11,12);1H. The highest BCUT2D eigenvalue weighted by atomic mass is 79.9. The molecule has 0 aliphatic heterocycles. The fourth-order valence-corrected chi connectivity index (χ4v) is 1.39. The van der Waals surface area contributed by atoms with Crippen LogP contribution < -0.4 is 5.32 Å². The summed E-state index contributed by atoms with van der Waals surface area (Å²) in [5.41, 5.74) is 0. The monoisotopic (exact) mass is 317 g/mol. The van der Waals surface area contributed by atoms with Crippen molar-refractivity contribution in [3.05, 3.63) is 0 Å². The van der Waals surface area contributed by atoms with Crippen molar-refractivity contribution in [2.75, 3.05) is 0 Å². The number of carboxylic acid groups (broad SMARTS) is 1. The van der Waals surface area contributed by atoms with Crippen LogP contribution in [0.25, 0.3) is 0 Å². The molecule has 2 N–H and O–H groups in total. The van der Waals surface area contributed by atoms with Gasteiger partial charge in [-0.15, -0.1) is 17.0 Å². The topological polar surface area (TPSA) is 49.3 Å². The molecule has 0 aliphatic carbocycles. The molecule has 3 nitrogen and oxygen atoms in total. The van der Waals surface area contributed by atoms with Crippen molar-refractivity contribution >= 4 is 39.0 Å². The largest absolute Gasteiger partial charge is 0.465 e. The van der Waals surface area contributed by atoms with Gasteiger partial charge in [-0.25, -0.2) is 4.79 Å². The smallest absolute Gasteiger partial charge is 0.405 e. The van der Waals surface area contributed by atoms with Crippen LogP contribution in [0.3, 0.4) is 0 Å². The van der Waals surface area contributed by atoms with E-state index >= 15 is 0 Å². The van der Waals surface area contributed by atoms with E-state index in [0.717, 1.165) is 19.3 Å². The highest BCUT2D eigenvalue weighted by Gasteiger charge is 2.14. The summed E-state index contributed by atoms with van der Waals surface area (Å²) in [7, 11) is 0. The molecule has 1 amide bonds. The van der Waals surface area contributed by atoms with E-state index in [2.05, 4.69) is 28.2 Å². The molecule has 0 saturated heterocycles. The maximum absolute atomic E-state index is 10.2. The number of rotatable bonds is 5. The molecule has 0 bridgehead atoms. The second-order valence-electron chi connectivity index (χ2n) is 2.97. The summed E-state index contributed by atoms with van der Waals surface area (Å²) in [5.74, 6) is 0.348. The second-order valence-corrected chi connectivity index (χ2v) is 3.96.